The second-order valence-electron chi connectivity index (χ2n) is 12.3. The number of phenolic OH excluding ortho intramolecular Hbond substituents is 1. The summed E-state index contributed by atoms with van der Waals surface area (Å²) < 4.78 is 0. The molecule has 0 radical (unpaired) electrons. The van der Waals surface area contributed by atoms with Crippen molar-refractivity contribution in [2.75, 3.05) is 27.2 Å². The average molecular weight is 572 g/mol. The molecular weight excluding hydrogens is 538 g/mol. The number of rotatable bonds is 4. The van der Waals surface area contributed by atoms with Crippen LogP contribution in [0.3, 0.4) is 0 Å². The Morgan fingerprint density at radius 1 is 1.18 bits per heavy atom. The first-order valence-corrected chi connectivity index (χ1v) is 14.1. The number of halogens is 1. The molecule has 11 heteroatoms. The van der Waals surface area contributed by atoms with Crippen LogP contribution in [-0.4, -0.2) is 86.5 Å². The lowest BCUT2D eigenvalue weighted by Gasteiger charge is -2.50. The summed E-state index contributed by atoms with van der Waals surface area (Å²) in [5.41, 5.74) is 2.83. The summed E-state index contributed by atoms with van der Waals surface area (Å²) in [5.74, 6) is -5.33. The molecule has 0 aromatic heterocycles. The van der Waals surface area contributed by atoms with Crippen molar-refractivity contribution < 1.29 is 34.8 Å². The smallest absolute Gasteiger partial charge is 0.255 e. The molecule has 2 unspecified atom stereocenters. The van der Waals surface area contributed by atoms with Crippen LogP contribution in [0.4, 0.5) is 0 Å². The molecule has 1 aliphatic heterocycles. The van der Waals surface area contributed by atoms with Gasteiger partial charge in [0.1, 0.15) is 22.8 Å². The highest BCUT2D eigenvalue weighted by Gasteiger charge is 2.63. The number of ketones is 2. The van der Waals surface area contributed by atoms with E-state index < -0.39 is 58.0 Å². The van der Waals surface area contributed by atoms with Crippen molar-refractivity contribution in [1.29, 1.82) is 0 Å². The zero-order chi connectivity index (χ0) is 28.8. The van der Waals surface area contributed by atoms with Crippen LogP contribution < -0.4 is 5.73 Å². The highest BCUT2D eigenvalue weighted by molar-refractivity contribution is 6.33. The molecule has 1 saturated carbocycles. The predicted octanol–water partition coefficient (Wildman–Crippen LogP) is 2.01. The fourth-order valence-corrected chi connectivity index (χ4v) is 8.46. The van der Waals surface area contributed by atoms with Crippen molar-refractivity contribution in [2.24, 2.45) is 29.4 Å². The molecule has 0 bridgehead atoms. The molecule has 6 N–H and O–H groups in total. The number of hydrogen-bond acceptors (Lipinski definition) is 9. The minimum absolute atomic E-state index is 0.0303. The van der Waals surface area contributed by atoms with E-state index in [9.17, 15) is 34.8 Å². The molecule has 2 fully saturated rings. The van der Waals surface area contributed by atoms with E-state index in [2.05, 4.69) is 4.90 Å². The summed E-state index contributed by atoms with van der Waals surface area (Å²) in [6, 6.07) is 0.459. The Morgan fingerprint density at radius 2 is 1.82 bits per heavy atom. The second-order valence-corrected chi connectivity index (χ2v) is 12.7. The van der Waals surface area contributed by atoms with E-state index >= 15 is 0 Å². The van der Waals surface area contributed by atoms with Gasteiger partial charge in [0.25, 0.3) is 5.91 Å². The number of amides is 1. The zero-order valence-electron chi connectivity index (χ0n) is 22.5. The Labute approximate surface area is 236 Å². The molecule has 0 spiro atoms. The highest BCUT2D eigenvalue weighted by atomic mass is 35.5. The van der Waals surface area contributed by atoms with Crippen molar-refractivity contribution in [3.8, 4) is 5.75 Å². The summed E-state index contributed by atoms with van der Waals surface area (Å²) in [6.45, 7) is 2.50. The molecule has 6 atom stereocenters. The third kappa shape index (κ3) is 3.69. The van der Waals surface area contributed by atoms with E-state index in [1.54, 1.807) is 14.1 Å². The van der Waals surface area contributed by atoms with Crippen LogP contribution >= 0.6 is 11.6 Å². The van der Waals surface area contributed by atoms with Crippen LogP contribution in [0.25, 0.3) is 0 Å². The molecule has 1 aromatic carbocycles. The first-order chi connectivity index (χ1) is 18.9. The number of allylic oxidation sites excluding steroid dienone is 1. The number of fused-ring (bicyclic) bond motifs is 4. The number of carbonyl (C=O) groups is 3. The number of carbonyl (C=O) groups excluding carboxylic acids is 3. The first-order valence-electron chi connectivity index (χ1n) is 13.8. The van der Waals surface area contributed by atoms with E-state index in [-0.39, 0.29) is 29.7 Å². The van der Waals surface area contributed by atoms with Gasteiger partial charge in [0, 0.05) is 36.1 Å². The van der Waals surface area contributed by atoms with Crippen molar-refractivity contribution in [3.05, 3.63) is 50.4 Å². The van der Waals surface area contributed by atoms with E-state index in [0.717, 1.165) is 18.7 Å². The fourth-order valence-electron chi connectivity index (χ4n) is 8.17. The maximum Gasteiger partial charge on any atom is 0.255 e. The highest BCUT2D eigenvalue weighted by Crippen LogP contribution is 2.53. The molecule has 6 rings (SSSR count). The van der Waals surface area contributed by atoms with Crippen LogP contribution in [0.5, 0.6) is 5.75 Å². The van der Waals surface area contributed by atoms with Gasteiger partial charge < -0.3 is 26.2 Å². The zero-order valence-corrected chi connectivity index (χ0v) is 23.2. The minimum Gasteiger partial charge on any atom is -0.510 e. The number of hydrogen-bond donors (Lipinski definition) is 5. The van der Waals surface area contributed by atoms with Gasteiger partial charge in [-0.1, -0.05) is 18.0 Å². The normalized spacial score (nSPS) is 33.8. The summed E-state index contributed by atoms with van der Waals surface area (Å²) in [5, 5.41) is 45.4. The Balaban J connectivity index is 1.41. The molecule has 4 aliphatic carbocycles. The lowest BCUT2D eigenvalue weighted by Crippen LogP contribution is -2.63. The van der Waals surface area contributed by atoms with E-state index in [1.807, 2.05) is 0 Å². The van der Waals surface area contributed by atoms with Crippen LogP contribution in [0, 0.1) is 23.7 Å². The third-order valence-corrected chi connectivity index (χ3v) is 10.4. The van der Waals surface area contributed by atoms with Crippen molar-refractivity contribution in [1.82, 2.24) is 9.80 Å². The van der Waals surface area contributed by atoms with Crippen LogP contribution in [0.1, 0.15) is 47.2 Å². The molecule has 1 amide bonds. The van der Waals surface area contributed by atoms with Crippen molar-refractivity contribution in [2.45, 2.75) is 50.3 Å². The van der Waals surface area contributed by atoms with Gasteiger partial charge in [-0.25, -0.2) is 0 Å². The van der Waals surface area contributed by atoms with Crippen LogP contribution in [0.2, 0.25) is 5.02 Å². The minimum atomic E-state index is -2.66. The first kappa shape index (κ1) is 27.3. The number of aliphatic hydroxyl groups excluding tert-OH is 2. The summed E-state index contributed by atoms with van der Waals surface area (Å²) in [4.78, 5) is 43.2. The van der Waals surface area contributed by atoms with Crippen molar-refractivity contribution >= 4 is 29.1 Å². The summed E-state index contributed by atoms with van der Waals surface area (Å²) in [7, 11) is 3.20. The standard InChI is InChI=1S/C29H34ClN3O7/c1-32(2)23-17-7-14-6-16-20(18(34)8-15(22(16)30)11-33-9-12-4-3-5-13(12)10-33)24(35)19(14)26(37)29(17,40)27(38)21(25(23)36)28(31)39/h8,12-14,17,23,34,36-37,40H,3-7,9-11H2,1-2H3,(H2,31,39)/t12?,13?,14-,17-,23-,29-/m0/s1. The molecule has 1 aromatic rings. The molecule has 1 heterocycles. The van der Waals surface area contributed by atoms with Gasteiger partial charge >= 0.3 is 0 Å². The number of nitrogens with zero attached hydrogens (tertiary/aromatic N) is 2. The summed E-state index contributed by atoms with van der Waals surface area (Å²) >= 11 is 6.90. The summed E-state index contributed by atoms with van der Waals surface area (Å²) in [6.07, 6.45) is 3.94. The predicted molar refractivity (Wildman–Crippen MR) is 145 cm³/mol. The van der Waals surface area contributed by atoms with E-state index in [0.29, 0.717) is 29.0 Å². The second kappa shape index (κ2) is 9.30. The number of aliphatic hydroxyl groups is 3. The maximum atomic E-state index is 13.8. The molecule has 5 aliphatic rings. The number of likely N-dealkylation sites (tertiary alicyclic amines) is 1. The molecule has 10 nitrogen and oxygen atoms in total. The Hall–Kier alpha value is -2.92. The number of likely N-dealkylation sites (N-methyl/N-ethyl adjacent to an activating group) is 1. The average Bonchev–Trinajstić information content (AvgIpc) is 3.46. The van der Waals surface area contributed by atoms with E-state index in [4.69, 9.17) is 17.3 Å². The maximum absolute atomic E-state index is 13.8. The lowest BCUT2D eigenvalue weighted by molar-refractivity contribution is -0.148. The number of aromatic hydroxyl groups is 1. The Bertz CT molecular complexity index is 1410. The number of benzene rings is 1. The van der Waals surface area contributed by atoms with Crippen molar-refractivity contribution in [3.63, 3.8) is 0 Å². The van der Waals surface area contributed by atoms with E-state index in [1.165, 1.54) is 30.2 Å². The largest absolute Gasteiger partial charge is 0.510 e. The molecule has 1 saturated heterocycles. The van der Waals surface area contributed by atoms with Gasteiger partial charge in [0.05, 0.1) is 11.6 Å². The number of nitrogens with two attached hydrogens (primary N) is 1. The van der Waals surface area contributed by atoms with Crippen LogP contribution in [-0.2, 0) is 22.6 Å². The van der Waals surface area contributed by atoms with Gasteiger partial charge in [-0.2, -0.15) is 0 Å². The molecule has 214 valence electrons. The number of primary amides is 1. The van der Waals surface area contributed by atoms with Crippen LogP contribution in [0.15, 0.2) is 28.7 Å². The number of Topliss-reactive ketones (excluding diaryl/α,β-unsaturated/α-hetero) is 2. The van der Waals surface area contributed by atoms with Gasteiger partial charge in [-0.05, 0) is 74.7 Å². The topological polar surface area (TPSA) is 165 Å². The monoisotopic (exact) mass is 571 g/mol. The lowest BCUT2D eigenvalue weighted by atomic mass is 9.58. The quantitative estimate of drug-likeness (QED) is 0.340. The van der Waals surface area contributed by atoms with Gasteiger partial charge in [-0.3, -0.25) is 24.2 Å². The fraction of sp³-hybridized carbons (Fsp3) is 0.552. The van der Waals surface area contributed by atoms with Gasteiger partial charge in [0.2, 0.25) is 5.78 Å². The SMILES string of the molecule is CN(C)[C@@H]1C(O)=C(C(N)=O)C(=O)[C@@]2(O)C(O)=C3C(=O)c4c(O)cc(CN5CC6CCCC6C5)c(Cl)c4C[C@H]3C[C@@H]12. The molecule has 40 heavy (non-hydrogen) atoms. The Morgan fingerprint density at radius 3 is 2.42 bits per heavy atom. The Kier molecular flexibility index (Phi) is 6.34. The van der Waals surface area contributed by atoms with Gasteiger partial charge in [-0.15, -0.1) is 0 Å². The third-order valence-electron chi connectivity index (χ3n) is 9.93. The van der Waals surface area contributed by atoms with Gasteiger partial charge in [0.15, 0.2) is 11.4 Å². The number of phenols is 1. The molecular formula is C29H34ClN3O7.